The summed E-state index contributed by atoms with van der Waals surface area (Å²) < 4.78 is 16.3. The second-order valence-electron chi connectivity index (χ2n) is 6.12. The average Bonchev–Trinajstić information content (AvgIpc) is 2.54. The Morgan fingerprint density at radius 3 is 2.87 bits per heavy atom. The summed E-state index contributed by atoms with van der Waals surface area (Å²) in [5, 5.41) is 0. The third-order valence-corrected chi connectivity index (χ3v) is 4.19. The molecule has 1 amide bonds. The molecule has 1 aromatic rings. The zero-order chi connectivity index (χ0) is 16.8. The predicted molar refractivity (Wildman–Crippen MR) is 88.5 cm³/mol. The van der Waals surface area contributed by atoms with Crippen molar-refractivity contribution in [2.75, 3.05) is 40.1 Å². The average molecular weight is 321 g/mol. The molecular weight excluding hydrogens is 294 g/mol. The van der Waals surface area contributed by atoms with Crippen molar-refractivity contribution in [3.8, 4) is 0 Å². The Morgan fingerprint density at radius 2 is 2.13 bits per heavy atom. The third kappa shape index (κ3) is 4.77. The molecule has 2 rings (SSSR count). The largest absolute Gasteiger partial charge is 0.382 e. The number of nitrogens with zero attached hydrogens (tertiary/aromatic N) is 1. The monoisotopic (exact) mass is 321 g/mol. The van der Waals surface area contributed by atoms with Crippen molar-refractivity contribution < 1.29 is 19.0 Å². The van der Waals surface area contributed by atoms with Crippen LogP contribution in [0.5, 0.6) is 0 Å². The van der Waals surface area contributed by atoms with Crippen molar-refractivity contribution in [2.45, 2.75) is 32.9 Å². The summed E-state index contributed by atoms with van der Waals surface area (Å²) in [5.41, 5.74) is 3.56. The van der Waals surface area contributed by atoms with Crippen LogP contribution < -0.4 is 0 Å². The van der Waals surface area contributed by atoms with Gasteiger partial charge < -0.3 is 19.1 Å². The Morgan fingerprint density at radius 1 is 1.35 bits per heavy atom. The van der Waals surface area contributed by atoms with Crippen LogP contribution in [0.15, 0.2) is 18.2 Å². The van der Waals surface area contributed by atoms with Crippen LogP contribution >= 0.6 is 0 Å². The number of morpholine rings is 1. The number of ether oxygens (including phenoxy) is 3. The van der Waals surface area contributed by atoms with E-state index in [4.69, 9.17) is 14.2 Å². The zero-order valence-electron chi connectivity index (χ0n) is 14.5. The molecule has 1 aliphatic heterocycles. The first-order valence-corrected chi connectivity index (χ1v) is 8.07. The van der Waals surface area contributed by atoms with Crippen LogP contribution in [0.3, 0.4) is 0 Å². The first-order chi connectivity index (χ1) is 11.0. The van der Waals surface area contributed by atoms with Crippen LogP contribution in [0.2, 0.25) is 0 Å². The lowest BCUT2D eigenvalue weighted by Crippen LogP contribution is -2.49. The minimum atomic E-state index is -0.0750. The Hall–Kier alpha value is -1.43. The van der Waals surface area contributed by atoms with E-state index in [0.717, 1.165) is 5.56 Å². The molecule has 23 heavy (non-hydrogen) atoms. The van der Waals surface area contributed by atoms with Gasteiger partial charge in [-0.25, -0.2) is 0 Å². The Labute approximate surface area is 138 Å². The maximum Gasteiger partial charge on any atom is 0.248 e. The van der Waals surface area contributed by atoms with Crippen LogP contribution in [0.1, 0.15) is 29.7 Å². The fraction of sp³-hybridized carbons (Fsp3) is 0.611. The second kappa shape index (κ2) is 8.43. The van der Waals surface area contributed by atoms with Crippen molar-refractivity contribution in [2.24, 2.45) is 0 Å². The third-order valence-electron chi connectivity index (χ3n) is 4.19. The molecule has 1 aromatic carbocycles. The van der Waals surface area contributed by atoms with Crippen molar-refractivity contribution in [1.82, 2.24) is 4.90 Å². The van der Waals surface area contributed by atoms with Crippen LogP contribution in [-0.4, -0.2) is 56.9 Å². The number of hydrogen-bond donors (Lipinski definition) is 0. The molecule has 0 saturated carbocycles. The minimum Gasteiger partial charge on any atom is -0.382 e. The summed E-state index contributed by atoms with van der Waals surface area (Å²) in [6, 6.07) is 6.41. The molecule has 1 heterocycles. The van der Waals surface area contributed by atoms with E-state index in [9.17, 15) is 4.79 Å². The van der Waals surface area contributed by atoms with Crippen LogP contribution in [0.25, 0.3) is 0 Å². The van der Waals surface area contributed by atoms with Gasteiger partial charge in [0, 0.05) is 7.11 Å². The van der Waals surface area contributed by atoms with Gasteiger partial charge in [-0.15, -0.1) is 0 Å². The molecule has 0 spiro atoms. The second-order valence-corrected chi connectivity index (χ2v) is 6.12. The summed E-state index contributed by atoms with van der Waals surface area (Å²) in [6.07, 6.45) is -0.0750. The maximum atomic E-state index is 12.4. The predicted octanol–water partition coefficient (Wildman–Crippen LogP) is 2.25. The van der Waals surface area contributed by atoms with E-state index >= 15 is 0 Å². The van der Waals surface area contributed by atoms with Crippen molar-refractivity contribution in [1.29, 1.82) is 0 Å². The molecule has 0 unspecified atom stereocenters. The number of carbonyl (C=O) groups is 1. The highest BCUT2D eigenvalue weighted by Gasteiger charge is 2.31. The minimum absolute atomic E-state index is 0.00668. The van der Waals surface area contributed by atoms with Crippen molar-refractivity contribution in [3.05, 3.63) is 34.9 Å². The number of benzene rings is 1. The molecular formula is C18H27NO4. The van der Waals surface area contributed by atoms with Crippen molar-refractivity contribution in [3.63, 3.8) is 0 Å². The van der Waals surface area contributed by atoms with Crippen LogP contribution in [0, 0.1) is 13.8 Å². The Bertz CT molecular complexity index is 532. The van der Waals surface area contributed by atoms with E-state index in [2.05, 4.69) is 32.0 Å². The van der Waals surface area contributed by atoms with Gasteiger partial charge in [-0.1, -0.05) is 23.8 Å². The molecule has 0 aromatic heterocycles. The van der Waals surface area contributed by atoms with Crippen LogP contribution in [-0.2, 0) is 19.0 Å². The Balaban J connectivity index is 2.01. The van der Waals surface area contributed by atoms with Crippen LogP contribution in [0.4, 0.5) is 0 Å². The summed E-state index contributed by atoms with van der Waals surface area (Å²) in [7, 11) is 1.62. The molecule has 0 radical (unpaired) electrons. The van der Waals surface area contributed by atoms with Gasteiger partial charge in [0.2, 0.25) is 5.91 Å². The SMILES string of the molecule is COCCOCC(=O)N1C[C@H](c2cc(C)ccc2C)OC[C@H]1C. The number of rotatable bonds is 6. The van der Waals surface area contributed by atoms with Gasteiger partial charge in [0.25, 0.3) is 0 Å². The lowest BCUT2D eigenvalue weighted by atomic mass is 9.99. The van der Waals surface area contributed by atoms with E-state index in [0.29, 0.717) is 26.4 Å². The molecule has 5 heteroatoms. The zero-order valence-corrected chi connectivity index (χ0v) is 14.5. The van der Waals surface area contributed by atoms with E-state index in [1.165, 1.54) is 11.1 Å². The highest BCUT2D eigenvalue weighted by atomic mass is 16.5. The van der Waals surface area contributed by atoms with Gasteiger partial charge >= 0.3 is 0 Å². The number of amides is 1. The van der Waals surface area contributed by atoms with E-state index in [1.807, 2.05) is 11.8 Å². The molecule has 1 fully saturated rings. The van der Waals surface area contributed by atoms with Crippen molar-refractivity contribution >= 4 is 5.91 Å². The van der Waals surface area contributed by atoms with E-state index < -0.39 is 0 Å². The van der Waals surface area contributed by atoms with Gasteiger partial charge in [-0.05, 0) is 31.9 Å². The fourth-order valence-corrected chi connectivity index (χ4v) is 2.78. The standard InChI is InChI=1S/C18H27NO4/c1-13-5-6-14(2)16(9-13)17-10-19(15(3)11-23-17)18(20)12-22-8-7-21-4/h5-6,9,15,17H,7-8,10-12H2,1-4H3/t15-,17-/m1/s1. The molecule has 0 aliphatic carbocycles. The van der Waals surface area contributed by atoms with Gasteiger partial charge in [0.15, 0.2) is 0 Å². The fourth-order valence-electron chi connectivity index (χ4n) is 2.78. The lowest BCUT2D eigenvalue weighted by Gasteiger charge is -2.38. The van der Waals surface area contributed by atoms with E-state index in [1.54, 1.807) is 7.11 Å². The number of aryl methyl sites for hydroxylation is 2. The topological polar surface area (TPSA) is 48.0 Å². The molecule has 5 nitrogen and oxygen atoms in total. The first-order valence-electron chi connectivity index (χ1n) is 8.07. The lowest BCUT2D eigenvalue weighted by molar-refractivity contribution is -0.149. The maximum absolute atomic E-state index is 12.4. The highest BCUT2D eigenvalue weighted by molar-refractivity contribution is 5.78. The molecule has 1 saturated heterocycles. The smallest absolute Gasteiger partial charge is 0.248 e. The summed E-state index contributed by atoms with van der Waals surface area (Å²) in [6.45, 7) is 8.29. The van der Waals surface area contributed by atoms with Gasteiger partial charge in [-0.2, -0.15) is 0 Å². The highest BCUT2D eigenvalue weighted by Crippen LogP contribution is 2.28. The van der Waals surface area contributed by atoms with Gasteiger partial charge in [-0.3, -0.25) is 4.79 Å². The Kier molecular flexibility index (Phi) is 6.57. The molecule has 0 bridgehead atoms. The molecule has 2 atom stereocenters. The quantitative estimate of drug-likeness (QED) is 0.754. The first kappa shape index (κ1) is 17.9. The number of hydrogen-bond acceptors (Lipinski definition) is 4. The molecule has 128 valence electrons. The van der Waals surface area contributed by atoms with Gasteiger partial charge in [0.1, 0.15) is 12.7 Å². The summed E-state index contributed by atoms with van der Waals surface area (Å²) >= 11 is 0. The summed E-state index contributed by atoms with van der Waals surface area (Å²) in [5.74, 6) is 0.00668. The number of methoxy groups -OCH3 is 1. The summed E-state index contributed by atoms with van der Waals surface area (Å²) in [4.78, 5) is 14.3. The molecule has 1 aliphatic rings. The number of carbonyl (C=O) groups excluding carboxylic acids is 1. The molecule has 0 N–H and O–H groups in total. The van der Waals surface area contributed by atoms with E-state index in [-0.39, 0.29) is 24.7 Å². The van der Waals surface area contributed by atoms with Gasteiger partial charge in [0.05, 0.1) is 32.4 Å². The normalized spacial score (nSPS) is 21.5.